The van der Waals surface area contributed by atoms with Gasteiger partial charge in [-0.25, -0.2) is 0 Å². The number of unbranched alkanes of at least 4 members (excludes halogenated alkanes) is 1. The normalized spacial score (nSPS) is 10.5. The molecule has 2 rings (SSSR count). The standard InChI is InChI=1S/C16H20O2SSi/c19-13-7-8-14-20(17-15-9-3-1-4-10-15)18-16-11-5-2-6-12-16/h1-6,9-12,19-20H,7-8,13-14H2. The van der Waals surface area contributed by atoms with E-state index >= 15 is 0 Å². The van der Waals surface area contributed by atoms with E-state index in [9.17, 15) is 0 Å². The molecule has 2 nitrogen and oxygen atoms in total. The molecular formula is C16H20O2SSi. The lowest BCUT2D eigenvalue weighted by Crippen LogP contribution is -2.29. The molecule has 106 valence electrons. The molecule has 20 heavy (non-hydrogen) atoms. The van der Waals surface area contributed by atoms with Gasteiger partial charge in [0, 0.05) is 6.04 Å². The largest absolute Gasteiger partial charge is 0.514 e. The molecule has 0 N–H and O–H groups in total. The number of benzene rings is 2. The first kappa shape index (κ1) is 15.0. The van der Waals surface area contributed by atoms with Gasteiger partial charge in [0.25, 0.3) is 0 Å². The van der Waals surface area contributed by atoms with Gasteiger partial charge in [-0.15, -0.1) is 0 Å². The van der Waals surface area contributed by atoms with Gasteiger partial charge in [-0.1, -0.05) is 36.4 Å². The van der Waals surface area contributed by atoms with Gasteiger partial charge in [-0.3, -0.25) is 0 Å². The summed E-state index contributed by atoms with van der Waals surface area (Å²) in [5, 5.41) is 0. The van der Waals surface area contributed by atoms with E-state index in [1.807, 2.05) is 60.7 Å². The average molecular weight is 304 g/mol. The number of hydrogen-bond donors (Lipinski definition) is 1. The third-order valence-electron chi connectivity index (χ3n) is 2.87. The van der Waals surface area contributed by atoms with Crippen LogP contribution in [0.25, 0.3) is 0 Å². The SMILES string of the molecule is SCCCC[SiH](Oc1ccccc1)Oc1ccccc1. The summed E-state index contributed by atoms with van der Waals surface area (Å²) in [5.41, 5.74) is 0. The molecule has 0 saturated heterocycles. The molecule has 0 heterocycles. The molecule has 0 unspecified atom stereocenters. The molecule has 0 aliphatic rings. The van der Waals surface area contributed by atoms with Crippen LogP contribution < -0.4 is 8.85 Å². The van der Waals surface area contributed by atoms with Crippen molar-refractivity contribution >= 4 is 21.9 Å². The molecular weight excluding hydrogens is 284 g/mol. The molecule has 0 amide bonds. The van der Waals surface area contributed by atoms with E-state index in [-0.39, 0.29) is 0 Å². The molecule has 0 atom stereocenters. The topological polar surface area (TPSA) is 18.5 Å². The highest BCUT2D eigenvalue weighted by Crippen LogP contribution is 2.17. The number of hydrogen-bond acceptors (Lipinski definition) is 3. The molecule has 0 fully saturated rings. The zero-order chi connectivity index (χ0) is 14.0. The highest BCUT2D eigenvalue weighted by Gasteiger charge is 2.17. The summed E-state index contributed by atoms with van der Waals surface area (Å²) in [4.78, 5) is 0. The molecule has 2 aromatic carbocycles. The molecule has 4 heteroatoms. The molecule has 0 radical (unpaired) electrons. The lowest BCUT2D eigenvalue weighted by molar-refractivity contribution is 0.418. The van der Waals surface area contributed by atoms with E-state index < -0.39 is 9.28 Å². The summed E-state index contributed by atoms with van der Waals surface area (Å²) in [6, 6.07) is 20.8. The Morgan fingerprint density at radius 2 is 1.25 bits per heavy atom. The predicted molar refractivity (Wildman–Crippen MR) is 89.2 cm³/mol. The number of thiol groups is 1. The van der Waals surface area contributed by atoms with Crippen LogP contribution in [0.1, 0.15) is 12.8 Å². The van der Waals surface area contributed by atoms with Gasteiger partial charge in [-0.2, -0.15) is 12.6 Å². The lowest BCUT2D eigenvalue weighted by Gasteiger charge is -2.18. The molecule has 0 saturated carbocycles. The minimum atomic E-state index is -1.75. The van der Waals surface area contributed by atoms with Crippen LogP contribution in [0.2, 0.25) is 6.04 Å². The molecule has 2 aromatic rings. The van der Waals surface area contributed by atoms with E-state index in [1.54, 1.807) is 0 Å². The second-order valence-electron chi connectivity index (χ2n) is 4.51. The van der Waals surface area contributed by atoms with Crippen LogP contribution in [0, 0.1) is 0 Å². The van der Waals surface area contributed by atoms with Gasteiger partial charge >= 0.3 is 9.28 Å². The second-order valence-corrected chi connectivity index (χ2v) is 6.87. The lowest BCUT2D eigenvalue weighted by atomic mass is 10.3. The zero-order valence-electron chi connectivity index (χ0n) is 11.4. The van der Waals surface area contributed by atoms with Crippen molar-refractivity contribution in [1.82, 2.24) is 0 Å². The van der Waals surface area contributed by atoms with Crippen LogP contribution in [-0.2, 0) is 0 Å². The summed E-state index contributed by atoms with van der Waals surface area (Å²) >= 11 is 4.26. The first-order chi connectivity index (χ1) is 9.88. The first-order valence-corrected chi connectivity index (χ1v) is 9.32. The van der Waals surface area contributed by atoms with E-state index in [1.165, 1.54) is 0 Å². The van der Waals surface area contributed by atoms with Crippen molar-refractivity contribution in [2.45, 2.75) is 18.9 Å². The Morgan fingerprint density at radius 3 is 1.70 bits per heavy atom. The maximum atomic E-state index is 6.06. The summed E-state index contributed by atoms with van der Waals surface area (Å²) in [7, 11) is -1.75. The van der Waals surface area contributed by atoms with Gasteiger partial charge in [0.15, 0.2) is 0 Å². The average Bonchev–Trinajstić information content (AvgIpc) is 2.49. The zero-order valence-corrected chi connectivity index (χ0v) is 13.5. The van der Waals surface area contributed by atoms with Gasteiger partial charge < -0.3 is 8.85 Å². The second kappa shape index (κ2) is 8.71. The van der Waals surface area contributed by atoms with Crippen molar-refractivity contribution in [3.8, 4) is 11.5 Å². The van der Waals surface area contributed by atoms with E-state index in [2.05, 4.69) is 12.6 Å². The third-order valence-corrected chi connectivity index (χ3v) is 5.14. The summed E-state index contributed by atoms with van der Waals surface area (Å²) < 4.78 is 12.1. The number of para-hydroxylation sites is 2. The molecule has 0 aliphatic heterocycles. The summed E-state index contributed by atoms with van der Waals surface area (Å²) in [6.45, 7) is 0. The van der Waals surface area contributed by atoms with Crippen LogP contribution in [0.15, 0.2) is 60.7 Å². The fraction of sp³-hybridized carbons (Fsp3) is 0.250. The van der Waals surface area contributed by atoms with Gasteiger partial charge in [0.05, 0.1) is 0 Å². The molecule has 0 bridgehead atoms. The minimum absolute atomic E-state index is 0.894. The first-order valence-electron chi connectivity index (χ1n) is 6.93. The van der Waals surface area contributed by atoms with Gasteiger partial charge in [-0.05, 0) is 42.9 Å². The highest BCUT2D eigenvalue weighted by molar-refractivity contribution is 7.80. The highest BCUT2D eigenvalue weighted by atomic mass is 32.1. The van der Waals surface area contributed by atoms with Crippen molar-refractivity contribution in [2.75, 3.05) is 5.75 Å². The predicted octanol–water partition coefficient (Wildman–Crippen LogP) is 4.07. The minimum Gasteiger partial charge on any atom is -0.514 e. The van der Waals surface area contributed by atoms with Crippen LogP contribution in [0.3, 0.4) is 0 Å². The molecule has 0 spiro atoms. The van der Waals surface area contributed by atoms with Crippen LogP contribution in [-0.4, -0.2) is 15.0 Å². The Morgan fingerprint density at radius 1 is 0.750 bits per heavy atom. The molecule has 0 aromatic heterocycles. The van der Waals surface area contributed by atoms with Crippen molar-refractivity contribution in [1.29, 1.82) is 0 Å². The van der Waals surface area contributed by atoms with Crippen LogP contribution in [0.4, 0.5) is 0 Å². The smallest absolute Gasteiger partial charge is 0.444 e. The Bertz CT molecular complexity index is 437. The summed E-state index contributed by atoms with van der Waals surface area (Å²) in [6.07, 6.45) is 2.20. The summed E-state index contributed by atoms with van der Waals surface area (Å²) in [5.74, 6) is 2.70. The van der Waals surface area contributed by atoms with Crippen molar-refractivity contribution in [3.05, 3.63) is 60.7 Å². The van der Waals surface area contributed by atoms with E-state index in [0.29, 0.717) is 0 Å². The Kier molecular flexibility index (Phi) is 6.54. The van der Waals surface area contributed by atoms with Crippen molar-refractivity contribution in [2.24, 2.45) is 0 Å². The Balaban J connectivity index is 1.96. The van der Waals surface area contributed by atoms with Crippen molar-refractivity contribution in [3.63, 3.8) is 0 Å². The maximum Gasteiger partial charge on any atom is 0.444 e. The Hall–Kier alpha value is -1.39. The van der Waals surface area contributed by atoms with E-state index in [4.69, 9.17) is 8.85 Å². The van der Waals surface area contributed by atoms with Gasteiger partial charge in [0.2, 0.25) is 0 Å². The fourth-order valence-corrected chi connectivity index (χ4v) is 3.92. The monoisotopic (exact) mass is 304 g/mol. The van der Waals surface area contributed by atoms with E-state index in [0.717, 1.165) is 36.1 Å². The van der Waals surface area contributed by atoms with Crippen LogP contribution in [0.5, 0.6) is 11.5 Å². The molecule has 0 aliphatic carbocycles. The number of rotatable bonds is 8. The Labute approximate surface area is 128 Å². The van der Waals surface area contributed by atoms with Gasteiger partial charge in [0.1, 0.15) is 11.5 Å². The maximum absolute atomic E-state index is 6.06. The van der Waals surface area contributed by atoms with Crippen LogP contribution >= 0.6 is 12.6 Å². The third kappa shape index (κ3) is 5.31. The fourth-order valence-electron chi connectivity index (χ4n) is 1.87. The quantitative estimate of drug-likeness (QED) is 0.450. The van der Waals surface area contributed by atoms with Crippen molar-refractivity contribution < 1.29 is 8.85 Å².